The van der Waals surface area contributed by atoms with E-state index in [4.69, 9.17) is 4.74 Å². The number of hydrogen-bond donors (Lipinski definition) is 2. The Morgan fingerprint density at radius 1 is 1.39 bits per heavy atom. The Kier molecular flexibility index (Phi) is 2.52. The zero-order chi connectivity index (χ0) is 12.8. The first kappa shape index (κ1) is 11.5. The van der Waals surface area contributed by atoms with Gasteiger partial charge in [0.2, 0.25) is 0 Å². The Balaban J connectivity index is 2.21. The zero-order valence-electron chi connectivity index (χ0n) is 11.0. The molecule has 1 aliphatic rings. The topological polar surface area (TPSA) is 62.8 Å². The summed E-state index contributed by atoms with van der Waals surface area (Å²) >= 11 is 0. The van der Waals surface area contributed by atoms with Crippen molar-refractivity contribution in [3.05, 3.63) is 17.5 Å². The Hall–Kier alpha value is -1.62. The first-order chi connectivity index (χ1) is 8.64. The van der Waals surface area contributed by atoms with Crippen molar-refractivity contribution in [2.75, 3.05) is 13.7 Å². The predicted molar refractivity (Wildman–Crippen MR) is 69.8 cm³/mol. The summed E-state index contributed by atoms with van der Waals surface area (Å²) in [5.41, 5.74) is 4.10. The van der Waals surface area contributed by atoms with E-state index in [0.29, 0.717) is 6.01 Å². The molecule has 0 radical (unpaired) electrons. The average molecular weight is 246 g/mol. The summed E-state index contributed by atoms with van der Waals surface area (Å²) in [6.07, 6.45) is 4.37. The minimum absolute atomic E-state index is 0.00402. The molecule has 1 fully saturated rings. The normalized spacial score (nSPS) is 23.7. The highest BCUT2D eigenvalue weighted by Crippen LogP contribution is 2.35. The molecule has 3 heterocycles. The van der Waals surface area contributed by atoms with Crippen molar-refractivity contribution in [3.63, 3.8) is 0 Å². The number of nitrogens with one attached hydrogen (secondary N) is 2. The van der Waals surface area contributed by atoms with Gasteiger partial charge in [0.05, 0.1) is 18.3 Å². The second-order valence-electron chi connectivity index (χ2n) is 5.08. The molecule has 0 aromatic carbocycles. The van der Waals surface area contributed by atoms with Gasteiger partial charge in [0.15, 0.2) is 0 Å². The second kappa shape index (κ2) is 3.95. The Morgan fingerprint density at radius 2 is 2.22 bits per heavy atom. The molecular weight excluding hydrogens is 228 g/mol. The lowest BCUT2D eigenvalue weighted by Gasteiger charge is -2.23. The lowest BCUT2D eigenvalue weighted by molar-refractivity contribution is 0.380. The molecule has 0 bridgehead atoms. The van der Waals surface area contributed by atoms with E-state index < -0.39 is 0 Å². The van der Waals surface area contributed by atoms with Gasteiger partial charge in [-0.2, -0.15) is 9.97 Å². The zero-order valence-corrected chi connectivity index (χ0v) is 11.0. The van der Waals surface area contributed by atoms with E-state index in [0.717, 1.165) is 29.7 Å². The molecule has 1 atom stereocenters. The van der Waals surface area contributed by atoms with Crippen molar-refractivity contribution in [2.45, 2.75) is 32.2 Å². The molecule has 18 heavy (non-hydrogen) atoms. The van der Waals surface area contributed by atoms with Crippen molar-refractivity contribution in [1.29, 1.82) is 0 Å². The van der Waals surface area contributed by atoms with Gasteiger partial charge in [-0.05, 0) is 33.2 Å². The number of rotatable bonds is 2. The van der Waals surface area contributed by atoms with Crippen LogP contribution in [0.3, 0.4) is 0 Å². The maximum absolute atomic E-state index is 5.17. The molecule has 0 saturated carbocycles. The van der Waals surface area contributed by atoms with Crippen LogP contribution in [0.5, 0.6) is 6.01 Å². The highest BCUT2D eigenvalue weighted by Gasteiger charge is 2.33. The number of ether oxygens (including phenoxy) is 1. The number of aromatic nitrogens is 3. The lowest BCUT2D eigenvalue weighted by atomic mass is 9.92. The van der Waals surface area contributed by atoms with Crippen molar-refractivity contribution in [2.24, 2.45) is 0 Å². The molecule has 2 aromatic heterocycles. The van der Waals surface area contributed by atoms with Crippen molar-refractivity contribution in [3.8, 4) is 6.01 Å². The number of fused-ring (bicyclic) bond motifs is 1. The molecule has 0 aliphatic carbocycles. The van der Waals surface area contributed by atoms with Crippen LogP contribution in [0.15, 0.2) is 6.20 Å². The minimum Gasteiger partial charge on any atom is -0.467 e. The van der Waals surface area contributed by atoms with Gasteiger partial charge in [0.1, 0.15) is 5.52 Å². The van der Waals surface area contributed by atoms with Crippen LogP contribution in [0, 0.1) is 6.92 Å². The van der Waals surface area contributed by atoms with Gasteiger partial charge in [-0.15, -0.1) is 0 Å². The summed E-state index contributed by atoms with van der Waals surface area (Å²) < 4.78 is 5.17. The van der Waals surface area contributed by atoms with E-state index in [1.165, 1.54) is 12.0 Å². The Morgan fingerprint density at radius 3 is 2.89 bits per heavy atom. The summed E-state index contributed by atoms with van der Waals surface area (Å²) in [4.78, 5) is 12.1. The fraction of sp³-hybridized carbons (Fsp3) is 0.538. The third-order valence-electron chi connectivity index (χ3n) is 3.83. The van der Waals surface area contributed by atoms with E-state index in [9.17, 15) is 0 Å². The Labute approximate surface area is 106 Å². The lowest BCUT2D eigenvalue weighted by Crippen LogP contribution is -2.33. The maximum Gasteiger partial charge on any atom is 0.317 e. The monoisotopic (exact) mass is 246 g/mol. The molecule has 0 amide bonds. The number of hydrogen-bond acceptors (Lipinski definition) is 4. The molecule has 5 heteroatoms. The predicted octanol–water partition coefficient (Wildman–Crippen LogP) is 1.87. The second-order valence-corrected chi connectivity index (χ2v) is 5.08. The summed E-state index contributed by atoms with van der Waals surface area (Å²) in [6, 6.07) is 0.433. The summed E-state index contributed by atoms with van der Waals surface area (Å²) in [6.45, 7) is 5.26. The SMILES string of the molecule is COc1nc(C)c2[nH]cc(C3(C)CCCN3)c2n1. The molecule has 2 aromatic rings. The molecule has 1 aliphatic heterocycles. The molecule has 1 saturated heterocycles. The molecule has 0 spiro atoms. The smallest absolute Gasteiger partial charge is 0.317 e. The fourth-order valence-corrected chi connectivity index (χ4v) is 2.76. The van der Waals surface area contributed by atoms with Gasteiger partial charge in [-0.3, -0.25) is 0 Å². The molecule has 96 valence electrons. The number of aromatic amines is 1. The van der Waals surface area contributed by atoms with Crippen LogP contribution in [-0.4, -0.2) is 28.6 Å². The van der Waals surface area contributed by atoms with Crippen LogP contribution in [0.1, 0.15) is 31.0 Å². The van der Waals surface area contributed by atoms with Crippen LogP contribution < -0.4 is 10.1 Å². The van der Waals surface area contributed by atoms with Gasteiger partial charge in [0, 0.05) is 17.3 Å². The highest BCUT2D eigenvalue weighted by atomic mass is 16.5. The number of H-pyrrole nitrogens is 1. The standard InChI is InChI=1S/C13H18N4O/c1-8-10-11(17-12(16-8)18-3)9(7-14-10)13(2)5-4-6-15-13/h7,14-15H,4-6H2,1-3H3. The molecule has 2 N–H and O–H groups in total. The maximum atomic E-state index is 5.17. The van der Waals surface area contributed by atoms with Crippen LogP contribution in [0.4, 0.5) is 0 Å². The van der Waals surface area contributed by atoms with E-state index >= 15 is 0 Å². The Bertz CT molecular complexity index is 584. The number of nitrogens with zero attached hydrogens (tertiary/aromatic N) is 2. The fourth-order valence-electron chi connectivity index (χ4n) is 2.76. The van der Waals surface area contributed by atoms with Crippen molar-refractivity contribution in [1.82, 2.24) is 20.3 Å². The van der Waals surface area contributed by atoms with Crippen LogP contribution in [0.2, 0.25) is 0 Å². The van der Waals surface area contributed by atoms with E-state index in [-0.39, 0.29) is 5.54 Å². The molecule has 5 nitrogen and oxygen atoms in total. The summed E-state index contributed by atoms with van der Waals surface area (Å²) in [7, 11) is 1.60. The van der Waals surface area contributed by atoms with Crippen molar-refractivity contribution >= 4 is 11.0 Å². The molecular formula is C13H18N4O. The van der Waals surface area contributed by atoms with Gasteiger partial charge >= 0.3 is 6.01 Å². The van der Waals surface area contributed by atoms with Gasteiger partial charge in [-0.25, -0.2) is 0 Å². The third-order valence-corrected chi connectivity index (χ3v) is 3.83. The quantitative estimate of drug-likeness (QED) is 0.849. The summed E-state index contributed by atoms with van der Waals surface area (Å²) in [5.74, 6) is 0. The molecule has 1 unspecified atom stereocenters. The van der Waals surface area contributed by atoms with E-state index in [2.05, 4.69) is 27.2 Å². The third kappa shape index (κ3) is 1.58. The van der Waals surface area contributed by atoms with Crippen molar-refractivity contribution < 1.29 is 4.74 Å². The van der Waals surface area contributed by atoms with Gasteiger partial charge in [-0.1, -0.05) is 0 Å². The first-order valence-electron chi connectivity index (χ1n) is 6.29. The van der Waals surface area contributed by atoms with E-state index in [1.54, 1.807) is 7.11 Å². The van der Waals surface area contributed by atoms with Gasteiger partial charge in [0.25, 0.3) is 0 Å². The highest BCUT2D eigenvalue weighted by molar-refractivity contribution is 5.82. The summed E-state index contributed by atoms with van der Waals surface area (Å²) in [5, 5.41) is 3.56. The van der Waals surface area contributed by atoms with Crippen LogP contribution in [0.25, 0.3) is 11.0 Å². The van der Waals surface area contributed by atoms with E-state index in [1.807, 2.05) is 13.1 Å². The minimum atomic E-state index is 0.00402. The van der Waals surface area contributed by atoms with Crippen LogP contribution >= 0.6 is 0 Å². The number of aryl methyl sites for hydroxylation is 1. The van der Waals surface area contributed by atoms with Crippen LogP contribution in [-0.2, 0) is 5.54 Å². The largest absolute Gasteiger partial charge is 0.467 e. The number of methoxy groups -OCH3 is 1. The average Bonchev–Trinajstić information content (AvgIpc) is 2.96. The van der Waals surface area contributed by atoms with Gasteiger partial charge < -0.3 is 15.0 Å². The first-order valence-corrected chi connectivity index (χ1v) is 6.29. The molecule has 3 rings (SSSR count).